The summed E-state index contributed by atoms with van der Waals surface area (Å²) in [6.07, 6.45) is 7.41. The highest BCUT2D eigenvalue weighted by Gasteiger charge is 2.23. The van der Waals surface area contributed by atoms with E-state index in [1.54, 1.807) is 12.1 Å². The summed E-state index contributed by atoms with van der Waals surface area (Å²) in [5.74, 6) is 0.539. The van der Waals surface area contributed by atoms with Gasteiger partial charge in [0.2, 0.25) is 0 Å². The van der Waals surface area contributed by atoms with E-state index >= 15 is 0 Å². The maximum absolute atomic E-state index is 11.9. The van der Waals surface area contributed by atoms with E-state index in [2.05, 4.69) is 6.58 Å². The third kappa shape index (κ3) is 3.46. The quantitative estimate of drug-likeness (QED) is 0.591. The predicted octanol–water partition coefficient (Wildman–Crippen LogP) is 3.98. The first kappa shape index (κ1) is 12.9. The molecular weight excluding hydrogens is 224 g/mol. The van der Waals surface area contributed by atoms with Crippen LogP contribution in [0.15, 0.2) is 43.0 Å². The topological polar surface area (TPSA) is 26.3 Å². The second-order valence-corrected chi connectivity index (χ2v) is 4.94. The van der Waals surface area contributed by atoms with Crippen LogP contribution in [0.1, 0.15) is 42.5 Å². The predicted molar refractivity (Wildman–Crippen MR) is 72.4 cm³/mol. The van der Waals surface area contributed by atoms with Crippen LogP contribution in [0.2, 0.25) is 0 Å². The van der Waals surface area contributed by atoms with Crippen molar-refractivity contribution in [2.24, 2.45) is 5.92 Å². The summed E-state index contributed by atoms with van der Waals surface area (Å²) in [5.41, 5.74) is 0.644. The first-order valence-corrected chi connectivity index (χ1v) is 6.66. The summed E-state index contributed by atoms with van der Waals surface area (Å²) in [6.45, 7) is 3.78. The van der Waals surface area contributed by atoms with Gasteiger partial charge in [0.1, 0.15) is 6.10 Å². The molecule has 0 spiro atoms. The van der Waals surface area contributed by atoms with Gasteiger partial charge in [0.15, 0.2) is 0 Å². The molecule has 1 aromatic carbocycles. The largest absolute Gasteiger partial charge is 0.459 e. The van der Waals surface area contributed by atoms with E-state index < -0.39 is 0 Å². The Balaban J connectivity index is 1.81. The molecule has 18 heavy (non-hydrogen) atoms. The van der Waals surface area contributed by atoms with Crippen LogP contribution in [0.4, 0.5) is 0 Å². The minimum Gasteiger partial charge on any atom is -0.459 e. The standard InChI is InChI=1S/C16H20O2/c1-2-6-13-9-11-15(12-10-13)18-16(17)14-7-4-3-5-8-14/h2-5,7-8,13,15H,1,6,9-12H2. The molecule has 2 nitrogen and oxygen atoms in total. The maximum atomic E-state index is 11.9. The molecule has 1 aromatic rings. The van der Waals surface area contributed by atoms with Crippen LogP contribution < -0.4 is 0 Å². The second kappa shape index (κ2) is 6.39. The van der Waals surface area contributed by atoms with Crippen LogP contribution in [-0.2, 0) is 4.74 Å². The lowest BCUT2D eigenvalue weighted by Gasteiger charge is -2.27. The normalized spacial score (nSPS) is 23.3. The zero-order valence-electron chi connectivity index (χ0n) is 10.7. The van der Waals surface area contributed by atoms with Gasteiger partial charge in [-0.05, 0) is 50.2 Å². The number of rotatable bonds is 4. The van der Waals surface area contributed by atoms with E-state index in [1.165, 1.54) is 0 Å². The van der Waals surface area contributed by atoms with E-state index in [0.717, 1.165) is 38.0 Å². The fourth-order valence-corrected chi connectivity index (χ4v) is 2.51. The Morgan fingerprint density at radius 3 is 2.50 bits per heavy atom. The SMILES string of the molecule is C=CCC1CCC(OC(=O)c2ccccc2)CC1. The lowest BCUT2D eigenvalue weighted by atomic mass is 9.85. The summed E-state index contributed by atoms with van der Waals surface area (Å²) < 4.78 is 5.54. The summed E-state index contributed by atoms with van der Waals surface area (Å²) in [4.78, 5) is 11.9. The molecule has 1 aliphatic rings. The molecule has 2 heteroatoms. The number of allylic oxidation sites excluding steroid dienone is 1. The fourth-order valence-electron chi connectivity index (χ4n) is 2.51. The van der Waals surface area contributed by atoms with Gasteiger partial charge in [-0.2, -0.15) is 0 Å². The smallest absolute Gasteiger partial charge is 0.338 e. The monoisotopic (exact) mass is 244 g/mol. The molecule has 1 aliphatic carbocycles. The molecule has 0 saturated heterocycles. The van der Waals surface area contributed by atoms with E-state index in [9.17, 15) is 4.79 Å². The third-order valence-electron chi connectivity index (χ3n) is 3.58. The van der Waals surface area contributed by atoms with Crippen molar-refractivity contribution < 1.29 is 9.53 Å². The number of hydrogen-bond donors (Lipinski definition) is 0. The summed E-state index contributed by atoms with van der Waals surface area (Å²) in [5, 5.41) is 0. The molecule has 0 heterocycles. The molecule has 1 saturated carbocycles. The first-order chi connectivity index (χ1) is 8.79. The van der Waals surface area contributed by atoms with Crippen molar-refractivity contribution in [2.45, 2.75) is 38.2 Å². The Hall–Kier alpha value is -1.57. The van der Waals surface area contributed by atoms with Crippen molar-refractivity contribution in [1.29, 1.82) is 0 Å². The molecule has 0 unspecified atom stereocenters. The summed E-state index contributed by atoms with van der Waals surface area (Å²) in [6, 6.07) is 9.21. The average Bonchev–Trinajstić information content (AvgIpc) is 2.42. The summed E-state index contributed by atoms with van der Waals surface area (Å²) >= 11 is 0. The molecule has 1 fully saturated rings. The molecule has 0 amide bonds. The van der Waals surface area contributed by atoms with Crippen LogP contribution >= 0.6 is 0 Å². The van der Waals surface area contributed by atoms with Crippen LogP contribution in [0, 0.1) is 5.92 Å². The molecule has 0 radical (unpaired) electrons. The number of ether oxygens (including phenoxy) is 1. The highest BCUT2D eigenvalue weighted by Crippen LogP contribution is 2.29. The Bertz CT molecular complexity index is 389. The van der Waals surface area contributed by atoms with Gasteiger partial charge in [0, 0.05) is 0 Å². The molecule has 96 valence electrons. The van der Waals surface area contributed by atoms with Crippen molar-refractivity contribution in [3.8, 4) is 0 Å². The Kier molecular flexibility index (Phi) is 4.57. The van der Waals surface area contributed by atoms with Gasteiger partial charge in [-0.3, -0.25) is 0 Å². The van der Waals surface area contributed by atoms with Crippen molar-refractivity contribution >= 4 is 5.97 Å². The van der Waals surface area contributed by atoms with E-state index in [1.807, 2.05) is 24.3 Å². The van der Waals surface area contributed by atoms with Gasteiger partial charge >= 0.3 is 5.97 Å². The van der Waals surface area contributed by atoms with Gasteiger partial charge in [-0.15, -0.1) is 6.58 Å². The van der Waals surface area contributed by atoms with Crippen molar-refractivity contribution in [3.63, 3.8) is 0 Å². The highest BCUT2D eigenvalue weighted by atomic mass is 16.5. The number of esters is 1. The molecule has 0 aliphatic heterocycles. The highest BCUT2D eigenvalue weighted by molar-refractivity contribution is 5.89. The molecule has 0 bridgehead atoms. The van der Waals surface area contributed by atoms with Crippen LogP contribution in [0.25, 0.3) is 0 Å². The lowest BCUT2D eigenvalue weighted by Crippen LogP contribution is -2.24. The van der Waals surface area contributed by atoms with Gasteiger partial charge in [0.05, 0.1) is 5.56 Å². The van der Waals surface area contributed by atoms with Crippen LogP contribution in [-0.4, -0.2) is 12.1 Å². The number of hydrogen-bond acceptors (Lipinski definition) is 2. The zero-order chi connectivity index (χ0) is 12.8. The zero-order valence-corrected chi connectivity index (χ0v) is 10.7. The number of benzene rings is 1. The van der Waals surface area contributed by atoms with Gasteiger partial charge in [0.25, 0.3) is 0 Å². The van der Waals surface area contributed by atoms with E-state index in [-0.39, 0.29) is 12.1 Å². The Labute approximate surface area is 109 Å². The minimum absolute atomic E-state index is 0.0961. The van der Waals surface area contributed by atoms with Crippen LogP contribution in [0.5, 0.6) is 0 Å². The first-order valence-electron chi connectivity index (χ1n) is 6.66. The van der Waals surface area contributed by atoms with E-state index in [4.69, 9.17) is 4.74 Å². The molecule has 0 aromatic heterocycles. The van der Waals surface area contributed by atoms with Crippen molar-refractivity contribution in [1.82, 2.24) is 0 Å². The van der Waals surface area contributed by atoms with Gasteiger partial charge in [-0.1, -0.05) is 24.3 Å². The fraction of sp³-hybridized carbons (Fsp3) is 0.438. The van der Waals surface area contributed by atoms with Crippen LogP contribution in [0.3, 0.4) is 0 Å². The maximum Gasteiger partial charge on any atom is 0.338 e. The number of carbonyl (C=O) groups excluding carboxylic acids is 1. The average molecular weight is 244 g/mol. The molecular formula is C16H20O2. The van der Waals surface area contributed by atoms with Crippen molar-refractivity contribution in [2.75, 3.05) is 0 Å². The van der Waals surface area contributed by atoms with E-state index in [0.29, 0.717) is 5.56 Å². The van der Waals surface area contributed by atoms with Gasteiger partial charge in [-0.25, -0.2) is 4.79 Å². The van der Waals surface area contributed by atoms with Gasteiger partial charge < -0.3 is 4.74 Å². The Morgan fingerprint density at radius 2 is 1.89 bits per heavy atom. The number of carbonyl (C=O) groups is 1. The van der Waals surface area contributed by atoms with Crippen molar-refractivity contribution in [3.05, 3.63) is 48.6 Å². The summed E-state index contributed by atoms with van der Waals surface area (Å²) in [7, 11) is 0. The Morgan fingerprint density at radius 1 is 1.22 bits per heavy atom. The lowest BCUT2D eigenvalue weighted by molar-refractivity contribution is 0.0167. The molecule has 0 N–H and O–H groups in total. The third-order valence-corrected chi connectivity index (χ3v) is 3.58. The minimum atomic E-state index is -0.192. The molecule has 2 rings (SSSR count). The molecule has 0 atom stereocenters. The second-order valence-electron chi connectivity index (χ2n) is 4.94.